The topological polar surface area (TPSA) is 67.7 Å². The summed E-state index contributed by atoms with van der Waals surface area (Å²) >= 11 is 1.56. The van der Waals surface area contributed by atoms with E-state index >= 15 is 0 Å². The molecule has 1 atom stereocenters. The lowest BCUT2D eigenvalue weighted by Crippen LogP contribution is -3.09. The molecule has 0 aliphatic heterocycles. The zero-order valence-electron chi connectivity index (χ0n) is 15.5. The highest BCUT2D eigenvalue weighted by atomic mass is 32.1. The van der Waals surface area contributed by atoms with Gasteiger partial charge in [-0.3, -0.25) is 4.79 Å². The largest absolute Gasteiger partial charge is 0.497 e. The number of likely N-dealkylation sites (N-methyl/N-ethyl adjacent to an activating group) is 1. The number of benzene rings is 1. The highest BCUT2D eigenvalue weighted by molar-refractivity contribution is 7.13. The van der Waals surface area contributed by atoms with Gasteiger partial charge in [0.1, 0.15) is 18.0 Å². The summed E-state index contributed by atoms with van der Waals surface area (Å²) in [7, 11) is 3.65. The number of quaternary nitrogens is 1. The predicted molar refractivity (Wildman–Crippen MR) is 102 cm³/mol. The van der Waals surface area contributed by atoms with E-state index in [-0.39, 0.29) is 11.4 Å². The first-order chi connectivity index (χ1) is 11.7. The second-order valence-electron chi connectivity index (χ2n) is 7.11. The minimum absolute atomic E-state index is 0.0526. The van der Waals surface area contributed by atoms with Crippen molar-refractivity contribution in [1.29, 1.82) is 0 Å². The Hall–Kier alpha value is -2.12. The molecule has 1 aromatic carbocycles. The van der Waals surface area contributed by atoms with Gasteiger partial charge in [-0.1, -0.05) is 0 Å². The summed E-state index contributed by atoms with van der Waals surface area (Å²) in [6.07, 6.45) is 0. The molecule has 1 unspecified atom stereocenters. The van der Waals surface area contributed by atoms with Crippen LogP contribution in [0.25, 0.3) is 0 Å². The number of ether oxygens (including phenoxy) is 1. The normalized spacial score (nSPS) is 12.5. The fourth-order valence-electron chi connectivity index (χ4n) is 2.35. The number of rotatable bonds is 7. The fraction of sp³-hybridized carbons (Fsp3) is 0.444. The van der Waals surface area contributed by atoms with Crippen LogP contribution >= 0.6 is 11.3 Å². The zero-order valence-corrected chi connectivity index (χ0v) is 16.3. The number of carbonyl (C=O) groups is 1. The number of hydrogen-bond acceptors (Lipinski definition) is 5. The number of carbonyl (C=O) groups excluding carboxylic acids is 1. The summed E-state index contributed by atoms with van der Waals surface area (Å²) in [6.45, 7) is 7.09. The Morgan fingerprint density at radius 1 is 1.28 bits per heavy atom. The van der Waals surface area contributed by atoms with Crippen LogP contribution in [-0.2, 0) is 11.3 Å². The average molecular weight is 364 g/mol. The van der Waals surface area contributed by atoms with Crippen LogP contribution in [0.2, 0.25) is 0 Å². The number of anilines is 2. The molecule has 0 bridgehead atoms. The minimum atomic E-state index is -0.201. The number of nitrogens with zero attached hydrogens (tertiary/aromatic N) is 1. The number of amides is 1. The maximum absolute atomic E-state index is 12.0. The van der Waals surface area contributed by atoms with Crippen LogP contribution in [0.1, 0.15) is 26.5 Å². The average Bonchev–Trinajstić information content (AvgIpc) is 2.92. The molecule has 3 N–H and O–H groups in total. The van der Waals surface area contributed by atoms with Crippen molar-refractivity contribution in [3.05, 3.63) is 35.3 Å². The monoisotopic (exact) mass is 363 g/mol. The third kappa shape index (κ3) is 6.72. The number of hydrogen-bond donors (Lipinski definition) is 3. The molecule has 0 aliphatic carbocycles. The van der Waals surface area contributed by atoms with Crippen molar-refractivity contribution in [1.82, 2.24) is 10.3 Å². The maximum atomic E-state index is 12.0. The summed E-state index contributed by atoms with van der Waals surface area (Å²) in [6, 6.07) is 7.72. The summed E-state index contributed by atoms with van der Waals surface area (Å²) in [5, 5.41) is 9.13. The molecular formula is C18H27N4O2S+. The molecule has 0 radical (unpaired) electrons. The van der Waals surface area contributed by atoms with Gasteiger partial charge in [-0.25, -0.2) is 4.98 Å². The molecule has 0 aliphatic rings. The lowest BCUT2D eigenvalue weighted by Gasteiger charge is -2.21. The van der Waals surface area contributed by atoms with Crippen LogP contribution in [0.15, 0.2) is 29.6 Å². The summed E-state index contributed by atoms with van der Waals surface area (Å²) < 4.78 is 5.15. The molecule has 2 aromatic rings. The smallest absolute Gasteiger partial charge is 0.275 e. The molecule has 2 rings (SSSR count). The molecule has 1 heterocycles. The van der Waals surface area contributed by atoms with Gasteiger partial charge in [0.2, 0.25) is 0 Å². The van der Waals surface area contributed by atoms with Crippen molar-refractivity contribution >= 4 is 28.1 Å². The van der Waals surface area contributed by atoms with E-state index in [1.807, 2.05) is 57.5 Å². The maximum Gasteiger partial charge on any atom is 0.275 e. The lowest BCUT2D eigenvalue weighted by atomic mass is 10.1. The van der Waals surface area contributed by atoms with Crippen molar-refractivity contribution < 1.29 is 14.4 Å². The van der Waals surface area contributed by atoms with Crippen molar-refractivity contribution in [2.45, 2.75) is 32.9 Å². The Labute approximate surface area is 153 Å². The van der Waals surface area contributed by atoms with Crippen LogP contribution in [0.4, 0.5) is 10.8 Å². The van der Waals surface area contributed by atoms with E-state index in [1.54, 1.807) is 18.4 Å². The first-order valence-corrected chi connectivity index (χ1v) is 9.11. The molecule has 0 spiro atoms. The van der Waals surface area contributed by atoms with Gasteiger partial charge in [0.05, 0.1) is 14.2 Å². The standard InChI is InChI=1S/C18H26N4O2S/c1-18(2,3)21-16(23)11-22(4)10-14-12-25-17(20-14)19-13-6-8-15(24-5)9-7-13/h6-9,12H,10-11H2,1-5H3,(H,19,20)(H,21,23)/p+1. The molecule has 0 fully saturated rings. The van der Waals surface area contributed by atoms with Gasteiger partial charge in [0.25, 0.3) is 5.91 Å². The molecule has 0 saturated heterocycles. The molecule has 136 valence electrons. The Bertz CT molecular complexity index is 692. The number of methoxy groups -OCH3 is 1. The number of thiazole rings is 1. The molecule has 1 amide bonds. The van der Waals surface area contributed by atoms with Crippen molar-refractivity contribution in [2.75, 3.05) is 26.0 Å². The predicted octanol–water partition coefficient (Wildman–Crippen LogP) is 1.82. The van der Waals surface area contributed by atoms with E-state index < -0.39 is 0 Å². The van der Waals surface area contributed by atoms with E-state index in [9.17, 15) is 4.79 Å². The van der Waals surface area contributed by atoms with E-state index in [0.29, 0.717) is 13.1 Å². The molecule has 1 aromatic heterocycles. The van der Waals surface area contributed by atoms with Gasteiger partial charge in [-0.05, 0) is 45.0 Å². The SMILES string of the molecule is COc1ccc(Nc2nc(C[NH+](C)CC(=O)NC(C)(C)C)cs2)cc1. The first-order valence-electron chi connectivity index (χ1n) is 8.23. The zero-order chi connectivity index (χ0) is 18.4. The summed E-state index contributed by atoms with van der Waals surface area (Å²) in [4.78, 5) is 17.7. The van der Waals surface area contributed by atoms with Crippen molar-refractivity contribution in [3.63, 3.8) is 0 Å². The molecule has 7 heteroatoms. The Morgan fingerprint density at radius 2 is 1.96 bits per heavy atom. The van der Waals surface area contributed by atoms with E-state index in [0.717, 1.165) is 27.2 Å². The molecule has 6 nitrogen and oxygen atoms in total. The minimum Gasteiger partial charge on any atom is -0.497 e. The van der Waals surface area contributed by atoms with E-state index in [2.05, 4.69) is 15.6 Å². The summed E-state index contributed by atoms with van der Waals surface area (Å²) in [5.74, 6) is 0.876. The fourth-order valence-corrected chi connectivity index (χ4v) is 3.08. The Balaban J connectivity index is 1.86. The Morgan fingerprint density at radius 3 is 2.56 bits per heavy atom. The van der Waals surface area contributed by atoms with Crippen LogP contribution < -0.4 is 20.3 Å². The van der Waals surface area contributed by atoms with Gasteiger partial charge < -0.3 is 20.3 Å². The van der Waals surface area contributed by atoms with Gasteiger partial charge in [-0.15, -0.1) is 11.3 Å². The van der Waals surface area contributed by atoms with E-state index in [4.69, 9.17) is 4.74 Å². The van der Waals surface area contributed by atoms with Gasteiger partial charge >= 0.3 is 0 Å². The Kier molecular flexibility index (Phi) is 6.39. The van der Waals surface area contributed by atoms with Crippen LogP contribution in [-0.4, -0.2) is 37.1 Å². The van der Waals surface area contributed by atoms with Crippen LogP contribution in [0.3, 0.4) is 0 Å². The highest BCUT2D eigenvalue weighted by Gasteiger charge is 2.18. The van der Waals surface area contributed by atoms with Crippen LogP contribution in [0.5, 0.6) is 5.75 Å². The second kappa shape index (κ2) is 8.31. The molecular weight excluding hydrogens is 336 g/mol. The van der Waals surface area contributed by atoms with Gasteiger partial charge in [-0.2, -0.15) is 0 Å². The lowest BCUT2D eigenvalue weighted by molar-refractivity contribution is -0.885. The van der Waals surface area contributed by atoms with Crippen molar-refractivity contribution in [3.8, 4) is 5.75 Å². The van der Waals surface area contributed by atoms with E-state index in [1.165, 1.54) is 0 Å². The van der Waals surface area contributed by atoms with Crippen molar-refractivity contribution in [2.24, 2.45) is 0 Å². The highest BCUT2D eigenvalue weighted by Crippen LogP contribution is 2.22. The second-order valence-corrected chi connectivity index (χ2v) is 7.96. The number of aromatic nitrogens is 1. The molecule has 25 heavy (non-hydrogen) atoms. The van der Waals surface area contributed by atoms with Gasteiger partial charge in [0.15, 0.2) is 11.7 Å². The van der Waals surface area contributed by atoms with Gasteiger partial charge in [0, 0.05) is 16.6 Å². The third-order valence-corrected chi connectivity index (χ3v) is 4.16. The summed E-state index contributed by atoms with van der Waals surface area (Å²) in [5.41, 5.74) is 1.74. The molecule has 0 saturated carbocycles. The third-order valence-electron chi connectivity index (χ3n) is 3.35. The quantitative estimate of drug-likeness (QED) is 0.702. The van der Waals surface area contributed by atoms with Crippen LogP contribution in [0, 0.1) is 0 Å². The number of nitrogens with one attached hydrogen (secondary N) is 3. The first kappa shape index (κ1) is 19.2.